The van der Waals surface area contributed by atoms with E-state index in [2.05, 4.69) is 45.6 Å². The van der Waals surface area contributed by atoms with Gasteiger partial charge in [0.15, 0.2) is 0 Å². The minimum Gasteiger partial charge on any atom is -0.313 e. The first-order valence-electron chi connectivity index (χ1n) is 6.78. The van der Waals surface area contributed by atoms with E-state index in [1.165, 1.54) is 5.56 Å². The van der Waals surface area contributed by atoms with E-state index in [1.54, 1.807) is 0 Å². The molecule has 0 saturated carbocycles. The normalized spacial score (nSPS) is 17.0. The maximum absolute atomic E-state index is 12.5. The quantitative estimate of drug-likeness (QED) is 0.763. The lowest BCUT2D eigenvalue weighted by Crippen LogP contribution is -2.46. The van der Waals surface area contributed by atoms with Crippen molar-refractivity contribution >= 4 is 0 Å². The molecule has 1 aromatic heterocycles. The fourth-order valence-electron chi connectivity index (χ4n) is 2.54. The largest absolute Gasteiger partial charge is 0.313 e. The fourth-order valence-corrected chi connectivity index (χ4v) is 2.54. The van der Waals surface area contributed by atoms with Crippen LogP contribution in [0.4, 0.5) is 0 Å². The Balaban J connectivity index is 2.42. The van der Waals surface area contributed by atoms with Crippen molar-refractivity contribution in [1.29, 1.82) is 0 Å². The summed E-state index contributed by atoms with van der Waals surface area (Å²) in [6.45, 7) is 12.6. The van der Waals surface area contributed by atoms with E-state index in [-0.39, 0.29) is 17.1 Å². The van der Waals surface area contributed by atoms with Gasteiger partial charge in [-0.15, -0.1) is 0 Å². The van der Waals surface area contributed by atoms with Crippen LogP contribution in [-0.4, -0.2) is 21.6 Å². The van der Waals surface area contributed by atoms with Gasteiger partial charge in [-0.3, -0.25) is 9.69 Å². The minimum absolute atomic E-state index is 0.128. The van der Waals surface area contributed by atoms with Gasteiger partial charge in [-0.05, 0) is 52.7 Å². The van der Waals surface area contributed by atoms with Gasteiger partial charge in [-0.2, -0.15) is 0 Å². The molecule has 0 spiro atoms. The topological polar surface area (TPSA) is 25.2 Å². The van der Waals surface area contributed by atoms with Crippen LogP contribution in [0.5, 0.6) is 0 Å². The minimum atomic E-state index is 0.128. The maximum atomic E-state index is 12.5. The first kappa shape index (κ1) is 13.3. The molecule has 3 heteroatoms. The summed E-state index contributed by atoms with van der Waals surface area (Å²) in [5.41, 5.74) is 2.55. The lowest BCUT2D eigenvalue weighted by Gasteiger charge is -2.39. The first-order chi connectivity index (χ1) is 8.30. The summed E-state index contributed by atoms with van der Waals surface area (Å²) in [5.74, 6) is 0. The highest BCUT2D eigenvalue weighted by atomic mass is 16.1. The summed E-state index contributed by atoms with van der Waals surface area (Å²) < 4.78 is 1.84. The molecule has 0 bridgehead atoms. The van der Waals surface area contributed by atoms with E-state index in [9.17, 15) is 4.79 Å². The molecular weight excluding hydrogens is 224 g/mol. The third-order valence-electron chi connectivity index (χ3n) is 3.82. The van der Waals surface area contributed by atoms with Crippen LogP contribution in [0.2, 0.25) is 0 Å². The average Bonchev–Trinajstić information content (AvgIpc) is 2.27. The fraction of sp³-hybridized carbons (Fsp3) is 0.667. The number of hydrogen-bond donors (Lipinski definition) is 0. The van der Waals surface area contributed by atoms with Crippen molar-refractivity contribution in [2.75, 3.05) is 6.54 Å². The van der Waals surface area contributed by atoms with Crippen molar-refractivity contribution in [3.63, 3.8) is 0 Å². The second kappa shape index (κ2) is 4.54. The number of hydrogen-bond acceptors (Lipinski definition) is 2. The van der Waals surface area contributed by atoms with Gasteiger partial charge >= 0.3 is 0 Å². The van der Waals surface area contributed by atoms with E-state index in [0.717, 1.165) is 25.1 Å². The molecule has 1 aliphatic heterocycles. The molecule has 0 N–H and O–H groups in total. The van der Waals surface area contributed by atoms with Gasteiger partial charge in [0.2, 0.25) is 0 Å². The molecule has 0 unspecified atom stereocenters. The molecule has 0 amide bonds. The zero-order valence-electron chi connectivity index (χ0n) is 12.2. The van der Waals surface area contributed by atoms with Crippen LogP contribution in [0.15, 0.2) is 17.1 Å². The molecule has 18 heavy (non-hydrogen) atoms. The van der Waals surface area contributed by atoms with Crippen molar-refractivity contribution in [2.24, 2.45) is 0 Å². The van der Waals surface area contributed by atoms with Gasteiger partial charge in [0.25, 0.3) is 5.56 Å². The van der Waals surface area contributed by atoms with Gasteiger partial charge in [-0.25, -0.2) is 0 Å². The van der Waals surface area contributed by atoms with Gasteiger partial charge in [-0.1, -0.05) is 0 Å². The van der Waals surface area contributed by atoms with Gasteiger partial charge in [0.05, 0.1) is 0 Å². The highest BCUT2D eigenvalue weighted by Gasteiger charge is 2.27. The van der Waals surface area contributed by atoms with Crippen LogP contribution in [-0.2, 0) is 13.0 Å². The molecule has 0 atom stereocenters. The number of pyridine rings is 1. The standard InChI is InChI=1S/C15H24N2O/c1-11(2)17-9-7-12-6-8-16(15(3,4)5)10-13(12)14(17)18/h7,9,11H,6,8,10H2,1-5H3. The van der Waals surface area contributed by atoms with Crippen molar-refractivity contribution in [2.45, 2.75) is 59.2 Å². The zero-order valence-corrected chi connectivity index (χ0v) is 12.2. The Morgan fingerprint density at radius 3 is 2.50 bits per heavy atom. The summed E-state index contributed by atoms with van der Waals surface area (Å²) >= 11 is 0. The molecule has 0 aliphatic carbocycles. The first-order valence-corrected chi connectivity index (χ1v) is 6.78. The molecule has 2 rings (SSSR count). The van der Waals surface area contributed by atoms with Gasteiger partial charge < -0.3 is 4.57 Å². The van der Waals surface area contributed by atoms with Crippen LogP contribution in [0, 0.1) is 0 Å². The van der Waals surface area contributed by atoms with E-state index >= 15 is 0 Å². The predicted molar refractivity (Wildman–Crippen MR) is 75.0 cm³/mol. The van der Waals surface area contributed by atoms with E-state index in [4.69, 9.17) is 0 Å². The third kappa shape index (κ3) is 2.37. The zero-order chi connectivity index (χ0) is 13.5. The highest BCUT2D eigenvalue weighted by molar-refractivity contribution is 5.27. The van der Waals surface area contributed by atoms with Crippen LogP contribution in [0.3, 0.4) is 0 Å². The second-order valence-electron chi connectivity index (χ2n) is 6.47. The lowest BCUT2D eigenvalue weighted by atomic mass is 9.96. The summed E-state index contributed by atoms with van der Waals surface area (Å²) in [5, 5.41) is 0. The third-order valence-corrected chi connectivity index (χ3v) is 3.82. The summed E-state index contributed by atoms with van der Waals surface area (Å²) in [4.78, 5) is 14.9. The van der Waals surface area contributed by atoms with E-state index < -0.39 is 0 Å². The molecule has 1 aliphatic rings. The van der Waals surface area contributed by atoms with Crippen molar-refractivity contribution in [3.05, 3.63) is 33.7 Å². The average molecular weight is 248 g/mol. The predicted octanol–water partition coefficient (Wildman–Crippen LogP) is 2.59. The summed E-state index contributed by atoms with van der Waals surface area (Å²) in [6, 6.07) is 2.35. The monoisotopic (exact) mass is 248 g/mol. The molecule has 0 radical (unpaired) electrons. The Kier molecular flexibility index (Phi) is 3.37. The smallest absolute Gasteiger partial charge is 0.255 e. The Bertz CT molecular complexity index is 494. The number of rotatable bonds is 1. The Labute approximate surface area is 109 Å². The van der Waals surface area contributed by atoms with Crippen LogP contribution < -0.4 is 5.56 Å². The number of aromatic nitrogens is 1. The van der Waals surface area contributed by atoms with Crippen molar-refractivity contribution in [3.8, 4) is 0 Å². The highest BCUT2D eigenvalue weighted by Crippen LogP contribution is 2.23. The summed E-state index contributed by atoms with van der Waals surface area (Å²) in [6.07, 6.45) is 2.93. The summed E-state index contributed by atoms with van der Waals surface area (Å²) in [7, 11) is 0. The van der Waals surface area contributed by atoms with Crippen LogP contribution >= 0.6 is 0 Å². The van der Waals surface area contributed by atoms with Crippen LogP contribution in [0.1, 0.15) is 51.8 Å². The van der Waals surface area contributed by atoms with Crippen molar-refractivity contribution < 1.29 is 0 Å². The Morgan fingerprint density at radius 2 is 1.94 bits per heavy atom. The molecule has 100 valence electrons. The SMILES string of the molecule is CC(C)n1ccc2c(c1=O)CN(C(C)(C)C)CC2. The van der Waals surface area contributed by atoms with E-state index in [1.807, 2.05) is 10.8 Å². The van der Waals surface area contributed by atoms with E-state index in [0.29, 0.717) is 0 Å². The lowest BCUT2D eigenvalue weighted by molar-refractivity contribution is 0.119. The second-order valence-corrected chi connectivity index (χ2v) is 6.47. The van der Waals surface area contributed by atoms with Crippen LogP contribution in [0.25, 0.3) is 0 Å². The van der Waals surface area contributed by atoms with Gasteiger partial charge in [0.1, 0.15) is 0 Å². The molecule has 0 aromatic carbocycles. The molecule has 0 fully saturated rings. The van der Waals surface area contributed by atoms with Crippen molar-refractivity contribution in [1.82, 2.24) is 9.47 Å². The molecule has 3 nitrogen and oxygen atoms in total. The van der Waals surface area contributed by atoms with Gasteiger partial charge in [0, 0.05) is 36.4 Å². The molecule has 2 heterocycles. The Morgan fingerprint density at radius 1 is 1.28 bits per heavy atom. The molecule has 0 saturated heterocycles. The number of nitrogens with zero attached hydrogens (tertiary/aromatic N) is 2. The molecular formula is C15H24N2O. The number of fused-ring (bicyclic) bond motifs is 1. The Hall–Kier alpha value is -1.09. The molecule has 1 aromatic rings. The maximum Gasteiger partial charge on any atom is 0.255 e.